The van der Waals surface area contributed by atoms with Crippen LogP contribution in [0.5, 0.6) is 5.75 Å². The summed E-state index contributed by atoms with van der Waals surface area (Å²) in [5.74, 6) is 2.21. The summed E-state index contributed by atoms with van der Waals surface area (Å²) >= 11 is 0. The van der Waals surface area contributed by atoms with E-state index in [0.717, 1.165) is 23.7 Å². The van der Waals surface area contributed by atoms with E-state index >= 15 is 0 Å². The minimum absolute atomic E-state index is 0.0143. The molecule has 1 aliphatic heterocycles. The highest BCUT2D eigenvalue weighted by Crippen LogP contribution is 2.45. The summed E-state index contributed by atoms with van der Waals surface area (Å²) in [7, 11) is 0. The second-order valence-electron chi connectivity index (χ2n) is 9.08. The maximum atomic E-state index is 12.7. The van der Waals surface area contributed by atoms with Crippen molar-refractivity contribution in [2.24, 2.45) is 5.92 Å². The summed E-state index contributed by atoms with van der Waals surface area (Å²) in [6.07, 6.45) is 5.67. The fraction of sp³-hybridized carbons (Fsp3) is 0.667. The van der Waals surface area contributed by atoms with Crippen LogP contribution in [0.25, 0.3) is 0 Å². The van der Waals surface area contributed by atoms with Gasteiger partial charge in [0.1, 0.15) is 5.75 Å². The first-order valence-electron chi connectivity index (χ1n) is 9.03. The lowest BCUT2D eigenvalue weighted by atomic mass is 10.0. The third-order valence-electron chi connectivity index (χ3n) is 5.24. The number of carbonyl (C=O) groups excluding carboxylic acids is 1. The van der Waals surface area contributed by atoms with Gasteiger partial charge in [-0.3, -0.25) is 4.79 Å². The zero-order chi connectivity index (χ0) is 16.8. The molecule has 1 aliphatic carbocycles. The second kappa shape index (κ2) is 5.65. The molecule has 1 aromatic rings. The zero-order valence-electron chi connectivity index (χ0n) is 15.3. The topological polar surface area (TPSA) is 26.3 Å². The highest BCUT2D eigenvalue weighted by Gasteiger charge is 2.36. The van der Waals surface area contributed by atoms with Crippen LogP contribution in [0.4, 0.5) is 0 Å². The monoisotopic (exact) mass is 320 g/mol. The number of hydrogen-bond acceptors (Lipinski definition) is 2. The van der Waals surface area contributed by atoms with Crippen molar-refractivity contribution < 1.29 is 9.53 Å². The smallest absolute Gasteiger partial charge is 0.162 e. The van der Waals surface area contributed by atoms with Crippen LogP contribution in [0, 0.1) is 5.92 Å². The SMILES string of the molecule is CC(C)(C)[13c]1[13cH][13c](C(=O)CCCC2CC2)[13cH][13c]2[13c]1OCC2(C)C. The molecule has 1 heterocycles. The van der Waals surface area contributed by atoms with Gasteiger partial charge in [0, 0.05) is 28.5 Å². The molecule has 2 aliphatic rings. The normalized spacial score (nSPS) is 19.3. The van der Waals surface area contributed by atoms with Gasteiger partial charge in [-0.05, 0) is 29.9 Å². The van der Waals surface area contributed by atoms with Crippen molar-refractivity contribution in [3.8, 4) is 5.75 Å². The predicted molar refractivity (Wildman–Crippen MR) is 94.6 cm³/mol. The Kier molecular flexibility index (Phi) is 4.06. The maximum Gasteiger partial charge on any atom is 0.162 e. The van der Waals surface area contributed by atoms with Crippen molar-refractivity contribution in [3.05, 3.63) is 28.8 Å². The molecule has 1 saturated carbocycles. The minimum Gasteiger partial charge on any atom is -0.492 e. The molecule has 2 heteroatoms. The van der Waals surface area contributed by atoms with Gasteiger partial charge >= 0.3 is 0 Å². The van der Waals surface area contributed by atoms with E-state index in [0.29, 0.717) is 18.8 Å². The molecule has 0 spiro atoms. The maximum absolute atomic E-state index is 12.7. The Hall–Kier alpha value is -1.31. The largest absolute Gasteiger partial charge is 0.492 e. The van der Waals surface area contributed by atoms with E-state index in [1.54, 1.807) is 0 Å². The summed E-state index contributed by atoms with van der Waals surface area (Å²) in [4.78, 5) is 12.7. The predicted octanol–water partition coefficient (Wildman–Crippen LogP) is 5.42. The number of Topliss-reactive ketones (excluding diaryl/α,β-unsaturated/α-hetero) is 1. The number of carbonyl (C=O) groups is 1. The summed E-state index contributed by atoms with van der Waals surface area (Å²) in [5.41, 5.74) is 3.22. The molecule has 0 amide bonds. The Morgan fingerprint density at radius 3 is 2.57 bits per heavy atom. The first-order chi connectivity index (χ1) is 10.7. The molecule has 23 heavy (non-hydrogen) atoms. The van der Waals surface area contributed by atoms with Crippen LogP contribution in [0.3, 0.4) is 0 Å². The third-order valence-corrected chi connectivity index (χ3v) is 5.24. The quantitative estimate of drug-likeness (QED) is 0.677. The highest BCUT2D eigenvalue weighted by atomic mass is 16.6. The number of ketones is 1. The molecular weight excluding hydrogens is 290 g/mol. The number of fused-ring (bicyclic) bond motifs is 1. The van der Waals surface area contributed by atoms with E-state index in [9.17, 15) is 4.79 Å². The number of ether oxygens (including phenoxy) is 1. The molecule has 0 radical (unpaired) electrons. The van der Waals surface area contributed by atoms with Gasteiger partial charge in [-0.25, -0.2) is 0 Å². The van der Waals surface area contributed by atoms with Crippen molar-refractivity contribution in [1.29, 1.82) is 0 Å². The number of hydrogen-bond donors (Lipinski definition) is 0. The molecule has 1 fully saturated rings. The van der Waals surface area contributed by atoms with Crippen LogP contribution in [0.2, 0.25) is 0 Å². The lowest BCUT2D eigenvalue weighted by Gasteiger charge is -2.24. The van der Waals surface area contributed by atoms with Gasteiger partial charge in [-0.1, -0.05) is 53.9 Å². The van der Waals surface area contributed by atoms with Gasteiger partial charge in [-0.2, -0.15) is 0 Å². The highest BCUT2D eigenvalue weighted by molar-refractivity contribution is 5.97. The average molecular weight is 320 g/mol. The summed E-state index contributed by atoms with van der Waals surface area (Å²) in [6.45, 7) is 11.7. The first-order valence-corrected chi connectivity index (χ1v) is 9.03. The number of rotatable bonds is 5. The van der Waals surface area contributed by atoms with Gasteiger partial charge in [0.25, 0.3) is 0 Å². The molecule has 0 N–H and O–H groups in total. The molecule has 0 unspecified atom stereocenters. The summed E-state index contributed by atoms with van der Waals surface area (Å²) < 4.78 is 6.02. The van der Waals surface area contributed by atoms with Crippen LogP contribution < -0.4 is 4.74 Å². The second-order valence-corrected chi connectivity index (χ2v) is 9.08. The molecule has 3 rings (SSSR count). The fourth-order valence-corrected chi connectivity index (χ4v) is 3.44. The zero-order valence-corrected chi connectivity index (χ0v) is 15.3. The van der Waals surface area contributed by atoms with E-state index in [2.05, 4.69) is 46.8 Å². The first kappa shape index (κ1) is 16.5. The summed E-state index contributed by atoms with van der Waals surface area (Å²) in [6, 6.07) is 4.18. The Bertz CT molecular complexity index is 615. The van der Waals surface area contributed by atoms with E-state index in [4.69, 9.17) is 4.74 Å². The van der Waals surface area contributed by atoms with Gasteiger partial charge in [0.2, 0.25) is 0 Å². The summed E-state index contributed by atoms with van der Waals surface area (Å²) in [5, 5.41) is 0. The Labute approximate surface area is 140 Å². The standard InChI is InChI=1S/C21H30O2/c1-20(2,3)16-11-15(18(22)8-6-7-14-9-10-14)12-17-19(16)23-13-21(17,4)5/h11-12,14H,6-10,13H2,1-5H3/i11+1,12+1,15+1,16+1,17+1,19+1. The number of benzene rings is 1. The minimum atomic E-state index is -0.0190. The third kappa shape index (κ3) is 3.46. The lowest BCUT2D eigenvalue weighted by Crippen LogP contribution is -2.19. The van der Waals surface area contributed by atoms with Gasteiger partial charge in [0.05, 0.1) is 6.61 Å². The molecule has 0 aromatic heterocycles. The van der Waals surface area contributed by atoms with Crippen molar-refractivity contribution in [2.75, 3.05) is 6.61 Å². The molecule has 0 atom stereocenters. The molecule has 0 bridgehead atoms. The fourth-order valence-electron chi connectivity index (χ4n) is 3.44. The molecule has 2 nitrogen and oxygen atoms in total. The molecular formula is C21H30O2. The van der Waals surface area contributed by atoms with Gasteiger partial charge in [-0.15, -0.1) is 0 Å². The van der Waals surface area contributed by atoms with Crippen LogP contribution in [-0.4, -0.2) is 12.4 Å². The van der Waals surface area contributed by atoms with Crippen molar-refractivity contribution in [1.82, 2.24) is 0 Å². The molecule has 0 saturated heterocycles. The van der Waals surface area contributed by atoms with Crippen LogP contribution in [0.15, 0.2) is 12.1 Å². The Balaban J connectivity index is 1.89. The van der Waals surface area contributed by atoms with Crippen molar-refractivity contribution in [3.63, 3.8) is 0 Å². The van der Waals surface area contributed by atoms with E-state index in [1.807, 2.05) is 0 Å². The van der Waals surface area contributed by atoms with Crippen molar-refractivity contribution >= 4 is 5.78 Å². The van der Waals surface area contributed by atoms with Crippen LogP contribution in [0.1, 0.15) is 88.2 Å². The Morgan fingerprint density at radius 2 is 1.96 bits per heavy atom. The van der Waals surface area contributed by atoms with E-state index in [1.165, 1.54) is 30.4 Å². The van der Waals surface area contributed by atoms with E-state index in [-0.39, 0.29) is 10.8 Å². The van der Waals surface area contributed by atoms with Crippen LogP contribution in [-0.2, 0) is 10.8 Å². The molecule has 1 aromatic carbocycles. The average Bonchev–Trinajstić information content (AvgIpc) is 3.22. The van der Waals surface area contributed by atoms with E-state index < -0.39 is 0 Å². The van der Waals surface area contributed by atoms with Crippen molar-refractivity contribution in [2.45, 2.75) is 77.6 Å². The van der Waals surface area contributed by atoms with Gasteiger partial charge in [0.15, 0.2) is 5.78 Å². The molecule has 126 valence electrons. The van der Waals surface area contributed by atoms with Crippen LogP contribution >= 0.6 is 0 Å². The Morgan fingerprint density at radius 1 is 1.26 bits per heavy atom. The lowest BCUT2D eigenvalue weighted by molar-refractivity contribution is 0.0978. The van der Waals surface area contributed by atoms with Gasteiger partial charge < -0.3 is 4.74 Å².